The van der Waals surface area contributed by atoms with Crippen molar-refractivity contribution >= 4 is 28.9 Å². The van der Waals surface area contributed by atoms with Gasteiger partial charge in [-0.15, -0.1) is 0 Å². The molecule has 3 rings (SSSR count). The molecule has 2 nitrogen and oxygen atoms in total. The molecule has 0 aliphatic rings. The molecule has 0 amide bonds. The average molecular weight is 288 g/mol. The minimum atomic E-state index is -0.306. The maximum atomic E-state index is 10.9. The van der Waals surface area contributed by atoms with Gasteiger partial charge in [0, 0.05) is 6.92 Å². The lowest BCUT2D eigenvalue weighted by atomic mass is 10.1. The standard InChI is InChI=1S/C20H16O2/c1-15(21)22-20-12-9-16(10-13-20)6-7-17-8-11-18-4-2-3-5-19(18)14-17/h2-14H,1H3/b7-6-. The van der Waals surface area contributed by atoms with Crippen LogP contribution in [0.2, 0.25) is 0 Å². The molecular formula is C20H16O2. The third-order valence-electron chi connectivity index (χ3n) is 3.38. The summed E-state index contributed by atoms with van der Waals surface area (Å²) in [6, 6.07) is 22.1. The Morgan fingerprint density at radius 3 is 2.18 bits per heavy atom. The summed E-state index contributed by atoms with van der Waals surface area (Å²) >= 11 is 0. The minimum absolute atomic E-state index is 0.306. The minimum Gasteiger partial charge on any atom is -0.427 e. The Hall–Kier alpha value is -2.87. The fraction of sp³-hybridized carbons (Fsp3) is 0.0500. The molecule has 0 heterocycles. The Balaban J connectivity index is 1.78. The second-order valence-electron chi connectivity index (χ2n) is 5.10. The molecule has 0 aliphatic carbocycles. The maximum absolute atomic E-state index is 10.9. The van der Waals surface area contributed by atoms with Crippen LogP contribution >= 0.6 is 0 Å². The van der Waals surface area contributed by atoms with Gasteiger partial charge in [-0.25, -0.2) is 0 Å². The topological polar surface area (TPSA) is 26.3 Å². The van der Waals surface area contributed by atoms with E-state index < -0.39 is 0 Å². The first kappa shape index (κ1) is 14.1. The molecule has 0 atom stereocenters. The largest absolute Gasteiger partial charge is 0.427 e. The van der Waals surface area contributed by atoms with E-state index in [1.807, 2.05) is 30.3 Å². The lowest BCUT2D eigenvalue weighted by Crippen LogP contribution is -2.00. The molecule has 2 heteroatoms. The summed E-state index contributed by atoms with van der Waals surface area (Å²) in [6.07, 6.45) is 4.12. The second kappa shape index (κ2) is 6.27. The van der Waals surface area contributed by atoms with Crippen LogP contribution < -0.4 is 4.74 Å². The van der Waals surface area contributed by atoms with E-state index in [0.29, 0.717) is 5.75 Å². The van der Waals surface area contributed by atoms with Gasteiger partial charge < -0.3 is 4.74 Å². The monoisotopic (exact) mass is 288 g/mol. The smallest absolute Gasteiger partial charge is 0.308 e. The molecule has 108 valence electrons. The molecular weight excluding hydrogens is 272 g/mol. The van der Waals surface area contributed by atoms with Crippen molar-refractivity contribution in [3.8, 4) is 5.75 Å². The van der Waals surface area contributed by atoms with E-state index in [4.69, 9.17) is 4.74 Å². The number of hydrogen-bond donors (Lipinski definition) is 0. The van der Waals surface area contributed by atoms with Crippen molar-refractivity contribution in [1.29, 1.82) is 0 Å². The van der Waals surface area contributed by atoms with Gasteiger partial charge in [-0.3, -0.25) is 4.79 Å². The normalized spacial score (nSPS) is 11.0. The molecule has 0 aliphatic heterocycles. The summed E-state index contributed by atoms with van der Waals surface area (Å²) in [4.78, 5) is 10.9. The summed E-state index contributed by atoms with van der Waals surface area (Å²) in [5.74, 6) is 0.259. The Kier molecular flexibility index (Phi) is 4.01. The zero-order chi connectivity index (χ0) is 15.4. The summed E-state index contributed by atoms with van der Waals surface area (Å²) in [5.41, 5.74) is 2.21. The zero-order valence-electron chi connectivity index (χ0n) is 12.3. The van der Waals surface area contributed by atoms with Crippen LogP contribution in [0.1, 0.15) is 18.1 Å². The number of benzene rings is 3. The highest BCUT2D eigenvalue weighted by atomic mass is 16.5. The SMILES string of the molecule is CC(=O)Oc1ccc(/C=C\c2ccc3ccccc3c2)cc1. The van der Waals surface area contributed by atoms with E-state index in [1.165, 1.54) is 17.7 Å². The Labute approximate surface area is 129 Å². The molecule has 22 heavy (non-hydrogen) atoms. The van der Waals surface area contributed by atoms with Crippen LogP contribution in [0.5, 0.6) is 5.75 Å². The summed E-state index contributed by atoms with van der Waals surface area (Å²) < 4.78 is 5.02. The molecule has 0 aromatic heterocycles. The molecule has 0 unspecified atom stereocenters. The van der Waals surface area contributed by atoms with Gasteiger partial charge in [0.1, 0.15) is 5.75 Å². The van der Waals surface area contributed by atoms with Crippen molar-refractivity contribution in [1.82, 2.24) is 0 Å². The third kappa shape index (κ3) is 3.41. The summed E-state index contributed by atoms with van der Waals surface area (Å²) in [7, 11) is 0. The van der Waals surface area contributed by atoms with Gasteiger partial charge in [-0.2, -0.15) is 0 Å². The first-order valence-electron chi connectivity index (χ1n) is 7.16. The van der Waals surface area contributed by atoms with Crippen LogP contribution in [-0.4, -0.2) is 5.97 Å². The van der Waals surface area contributed by atoms with Gasteiger partial charge >= 0.3 is 5.97 Å². The molecule has 3 aromatic rings. The van der Waals surface area contributed by atoms with Crippen molar-refractivity contribution in [3.63, 3.8) is 0 Å². The highest BCUT2D eigenvalue weighted by molar-refractivity contribution is 5.86. The van der Waals surface area contributed by atoms with Crippen molar-refractivity contribution < 1.29 is 9.53 Å². The van der Waals surface area contributed by atoms with Gasteiger partial charge in [-0.1, -0.05) is 60.7 Å². The van der Waals surface area contributed by atoms with Crippen molar-refractivity contribution in [2.24, 2.45) is 0 Å². The van der Waals surface area contributed by atoms with E-state index in [1.54, 1.807) is 12.1 Å². The Bertz CT molecular complexity index is 830. The number of fused-ring (bicyclic) bond motifs is 1. The average Bonchev–Trinajstić information content (AvgIpc) is 2.53. The highest BCUT2D eigenvalue weighted by Crippen LogP contribution is 2.18. The van der Waals surface area contributed by atoms with E-state index in [0.717, 1.165) is 11.1 Å². The molecule has 0 saturated heterocycles. The first-order chi connectivity index (χ1) is 10.7. The van der Waals surface area contributed by atoms with Crippen LogP contribution in [-0.2, 0) is 4.79 Å². The van der Waals surface area contributed by atoms with Gasteiger partial charge in [0.05, 0.1) is 0 Å². The van der Waals surface area contributed by atoms with E-state index in [2.05, 4.69) is 36.4 Å². The number of carbonyl (C=O) groups excluding carboxylic acids is 1. The second-order valence-corrected chi connectivity index (χ2v) is 5.10. The highest BCUT2D eigenvalue weighted by Gasteiger charge is 1.97. The summed E-state index contributed by atoms with van der Waals surface area (Å²) in [6.45, 7) is 1.40. The van der Waals surface area contributed by atoms with Crippen molar-refractivity contribution in [3.05, 3.63) is 77.9 Å². The Morgan fingerprint density at radius 2 is 1.45 bits per heavy atom. The lowest BCUT2D eigenvalue weighted by molar-refractivity contribution is -0.131. The van der Waals surface area contributed by atoms with Gasteiger partial charge in [0.15, 0.2) is 0 Å². The van der Waals surface area contributed by atoms with Crippen LogP contribution in [0.3, 0.4) is 0 Å². The summed E-state index contributed by atoms with van der Waals surface area (Å²) in [5, 5.41) is 2.47. The van der Waals surface area contributed by atoms with Crippen LogP contribution in [0.15, 0.2) is 66.7 Å². The van der Waals surface area contributed by atoms with E-state index in [-0.39, 0.29) is 5.97 Å². The zero-order valence-corrected chi connectivity index (χ0v) is 12.3. The van der Waals surface area contributed by atoms with Crippen LogP contribution in [0.4, 0.5) is 0 Å². The van der Waals surface area contributed by atoms with Crippen LogP contribution in [0.25, 0.3) is 22.9 Å². The molecule has 0 saturated carbocycles. The van der Waals surface area contributed by atoms with Crippen molar-refractivity contribution in [2.75, 3.05) is 0 Å². The molecule has 0 radical (unpaired) electrons. The van der Waals surface area contributed by atoms with Gasteiger partial charge in [0.25, 0.3) is 0 Å². The van der Waals surface area contributed by atoms with Gasteiger partial charge in [-0.05, 0) is 40.1 Å². The molecule has 0 spiro atoms. The molecule has 3 aromatic carbocycles. The molecule has 0 bridgehead atoms. The van der Waals surface area contributed by atoms with Gasteiger partial charge in [0.2, 0.25) is 0 Å². The number of rotatable bonds is 3. The predicted molar refractivity (Wildman–Crippen MR) is 90.6 cm³/mol. The Morgan fingerprint density at radius 1 is 0.818 bits per heavy atom. The van der Waals surface area contributed by atoms with E-state index >= 15 is 0 Å². The number of ether oxygens (including phenoxy) is 1. The van der Waals surface area contributed by atoms with Crippen molar-refractivity contribution in [2.45, 2.75) is 6.92 Å². The van der Waals surface area contributed by atoms with Crippen LogP contribution in [0, 0.1) is 0 Å². The fourth-order valence-electron chi connectivity index (χ4n) is 2.32. The molecule has 0 fully saturated rings. The first-order valence-corrected chi connectivity index (χ1v) is 7.16. The molecule has 0 N–H and O–H groups in total. The number of carbonyl (C=O) groups is 1. The lowest BCUT2D eigenvalue weighted by Gasteiger charge is -2.01. The fourth-order valence-corrected chi connectivity index (χ4v) is 2.32. The maximum Gasteiger partial charge on any atom is 0.308 e. The van der Waals surface area contributed by atoms with E-state index in [9.17, 15) is 4.79 Å². The quantitative estimate of drug-likeness (QED) is 0.388. The number of esters is 1. The predicted octanol–water partition coefficient (Wildman–Crippen LogP) is 4.94. The number of hydrogen-bond acceptors (Lipinski definition) is 2. The third-order valence-corrected chi connectivity index (χ3v) is 3.38.